The molecule has 0 aliphatic carbocycles. The van der Waals surface area contributed by atoms with Crippen molar-refractivity contribution in [3.05, 3.63) is 58.6 Å². The molecule has 0 saturated heterocycles. The van der Waals surface area contributed by atoms with Gasteiger partial charge in [-0.25, -0.2) is 4.79 Å². The van der Waals surface area contributed by atoms with E-state index in [1.807, 2.05) is 13.0 Å². The zero-order valence-electron chi connectivity index (χ0n) is 23.7. The van der Waals surface area contributed by atoms with Crippen LogP contribution in [0.5, 0.6) is 5.75 Å². The van der Waals surface area contributed by atoms with E-state index >= 15 is 0 Å². The Balaban J connectivity index is 2.36. The highest BCUT2D eigenvalue weighted by atomic mass is 35.5. The van der Waals surface area contributed by atoms with Gasteiger partial charge in [0.15, 0.2) is 0 Å². The van der Waals surface area contributed by atoms with Gasteiger partial charge in [0.05, 0.1) is 10.7 Å². The number of rotatable bonds is 13. The largest absolute Gasteiger partial charge is 0.508 e. The second-order valence-electron chi connectivity index (χ2n) is 10.6. The predicted octanol–water partition coefficient (Wildman–Crippen LogP) is 6.75. The molecule has 2 aromatic rings. The Morgan fingerprint density at radius 3 is 2.26 bits per heavy atom. The van der Waals surface area contributed by atoms with Gasteiger partial charge in [-0.1, -0.05) is 74.9 Å². The first-order valence-electron chi connectivity index (χ1n) is 13.5. The second kappa shape index (κ2) is 15.4. The summed E-state index contributed by atoms with van der Waals surface area (Å²) in [5.41, 5.74) is 1.05. The number of phenolic OH excluding ortho intramolecular Hbond substituents is 1. The monoisotopic (exact) mass is 559 g/mol. The number of carbonyl (C=O) groups is 3. The van der Waals surface area contributed by atoms with E-state index in [1.54, 1.807) is 45.0 Å². The molecule has 1 atom stereocenters. The minimum absolute atomic E-state index is 0.0419. The van der Waals surface area contributed by atoms with E-state index in [-0.39, 0.29) is 12.3 Å². The smallest absolute Gasteiger partial charge is 0.408 e. The lowest BCUT2D eigenvalue weighted by Crippen LogP contribution is -2.47. The maximum atomic E-state index is 13.8. The van der Waals surface area contributed by atoms with Crippen LogP contribution in [0.15, 0.2) is 42.5 Å². The molecule has 0 saturated carbocycles. The van der Waals surface area contributed by atoms with Crippen molar-refractivity contribution < 1.29 is 24.2 Å². The molecule has 0 heterocycles. The Labute approximate surface area is 237 Å². The third-order valence-electron chi connectivity index (χ3n) is 6.09. The van der Waals surface area contributed by atoms with Gasteiger partial charge in [-0.2, -0.15) is 0 Å². The lowest BCUT2D eigenvalue weighted by Gasteiger charge is -2.32. The number of aryl methyl sites for hydroxylation is 1. The van der Waals surface area contributed by atoms with E-state index in [9.17, 15) is 19.5 Å². The molecule has 9 heteroatoms. The van der Waals surface area contributed by atoms with Crippen LogP contribution in [-0.2, 0) is 14.3 Å². The number of hydrogen-bond acceptors (Lipinski definition) is 5. The first-order valence-corrected chi connectivity index (χ1v) is 13.9. The third-order valence-corrected chi connectivity index (χ3v) is 6.41. The quantitative estimate of drug-likeness (QED) is 0.235. The van der Waals surface area contributed by atoms with Crippen molar-refractivity contribution in [2.75, 3.05) is 18.4 Å². The standard InChI is InChI=1S/C30H42ClN3O5/c1-6-7-8-9-10-11-19-34(25(36)20-32-29(38)39-30(3,4)5)27(22-15-17-23(35)18-16-22)28(37)33-26-21(2)13-12-14-24(26)31/h12-18,27,35H,6-11,19-20H2,1-5H3,(H,32,38)(H,33,37). The van der Waals surface area contributed by atoms with E-state index < -0.39 is 29.6 Å². The summed E-state index contributed by atoms with van der Waals surface area (Å²) in [5.74, 6) is -0.840. The number of anilines is 1. The lowest BCUT2D eigenvalue weighted by molar-refractivity contribution is -0.138. The first-order chi connectivity index (χ1) is 18.4. The zero-order valence-corrected chi connectivity index (χ0v) is 24.4. The third kappa shape index (κ3) is 10.8. The highest BCUT2D eigenvalue weighted by molar-refractivity contribution is 6.34. The van der Waals surface area contributed by atoms with Crippen LogP contribution in [0, 0.1) is 6.92 Å². The lowest BCUT2D eigenvalue weighted by atomic mass is 10.0. The number of phenols is 1. The van der Waals surface area contributed by atoms with Gasteiger partial charge >= 0.3 is 6.09 Å². The van der Waals surface area contributed by atoms with E-state index in [0.29, 0.717) is 29.2 Å². The summed E-state index contributed by atoms with van der Waals surface area (Å²) in [5, 5.41) is 15.7. The van der Waals surface area contributed by atoms with Gasteiger partial charge in [0.1, 0.15) is 23.9 Å². The van der Waals surface area contributed by atoms with Crippen LogP contribution in [0.25, 0.3) is 0 Å². The number of aromatic hydroxyl groups is 1. The summed E-state index contributed by atoms with van der Waals surface area (Å²) in [6, 6.07) is 10.5. The molecular formula is C30H42ClN3O5. The average Bonchev–Trinajstić information content (AvgIpc) is 2.86. The predicted molar refractivity (Wildman–Crippen MR) is 155 cm³/mol. The fourth-order valence-corrected chi connectivity index (χ4v) is 4.40. The summed E-state index contributed by atoms with van der Waals surface area (Å²) < 4.78 is 5.27. The van der Waals surface area contributed by atoms with Gasteiger partial charge in [-0.15, -0.1) is 0 Å². The van der Waals surface area contributed by atoms with Crippen LogP contribution in [0.1, 0.15) is 83.4 Å². The average molecular weight is 560 g/mol. The highest BCUT2D eigenvalue weighted by Gasteiger charge is 2.32. The van der Waals surface area contributed by atoms with Crippen LogP contribution in [0.2, 0.25) is 5.02 Å². The maximum Gasteiger partial charge on any atom is 0.408 e. The van der Waals surface area contributed by atoms with E-state index in [1.165, 1.54) is 17.0 Å². The second-order valence-corrected chi connectivity index (χ2v) is 11.0. The number of amides is 3. The maximum absolute atomic E-state index is 13.8. The minimum Gasteiger partial charge on any atom is -0.508 e. The first kappa shape index (κ1) is 32.0. The fourth-order valence-electron chi connectivity index (χ4n) is 4.14. The Kier molecular flexibility index (Phi) is 12.6. The minimum atomic E-state index is -1.02. The van der Waals surface area contributed by atoms with Crippen LogP contribution in [0.4, 0.5) is 10.5 Å². The molecule has 0 radical (unpaired) electrons. The fraction of sp³-hybridized carbons (Fsp3) is 0.500. The van der Waals surface area contributed by atoms with Crippen molar-refractivity contribution >= 4 is 35.2 Å². The molecule has 3 amide bonds. The van der Waals surface area contributed by atoms with Gasteiger partial charge in [0.2, 0.25) is 5.91 Å². The zero-order chi connectivity index (χ0) is 29.0. The summed E-state index contributed by atoms with van der Waals surface area (Å²) in [7, 11) is 0. The molecule has 0 aliphatic heterocycles. The normalized spacial score (nSPS) is 11.9. The SMILES string of the molecule is CCCCCCCCN(C(=O)CNC(=O)OC(C)(C)C)C(C(=O)Nc1c(C)cccc1Cl)c1ccc(O)cc1. The van der Waals surface area contributed by atoms with E-state index in [0.717, 1.165) is 37.7 Å². The van der Waals surface area contributed by atoms with Crippen molar-refractivity contribution in [3.8, 4) is 5.75 Å². The van der Waals surface area contributed by atoms with Crippen molar-refractivity contribution in [3.63, 3.8) is 0 Å². The Morgan fingerprint density at radius 2 is 1.64 bits per heavy atom. The van der Waals surface area contributed by atoms with Crippen LogP contribution in [-0.4, -0.2) is 46.6 Å². The summed E-state index contributed by atoms with van der Waals surface area (Å²) >= 11 is 6.38. The number of carbonyl (C=O) groups excluding carboxylic acids is 3. The number of hydrogen-bond donors (Lipinski definition) is 3. The molecule has 1 unspecified atom stereocenters. The number of para-hydroxylation sites is 1. The number of halogens is 1. The molecule has 39 heavy (non-hydrogen) atoms. The molecular weight excluding hydrogens is 518 g/mol. The summed E-state index contributed by atoms with van der Waals surface area (Å²) in [6.07, 6.45) is 5.29. The highest BCUT2D eigenvalue weighted by Crippen LogP contribution is 2.30. The molecule has 2 aromatic carbocycles. The summed E-state index contributed by atoms with van der Waals surface area (Å²) in [4.78, 5) is 41.1. The summed E-state index contributed by atoms with van der Waals surface area (Å²) in [6.45, 7) is 9.17. The van der Waals surface area contributed by atoms with Gasteiger partial charge in [0.25, 0.3) is 5.91 Å². The van der Waals surface area contributed by atoms with Crippen LogP contribution >= 0.6 is 11.6 Å². The Hall–Kier alpha value is -3.26. The van der Waals surface area contributed by atoms with Crippen molar-refractivity contribution in [1.29, 1.82) is 0 Å². The Bertz CT molecular complexity index is 1080. The molecule has 0 aliphatic rings. The number of alkyl carbamates (subject to hydrolysis) is 1. The number of unbranched alkanes of at least 4 members (excludes halogenated alkanes) is 5. The van der Waals surface area contributed by atoms with Gasteiger partial charge in [-0.3, -0.25) is 9.59 Å². The molecule has 8 nitrogen and oxygen atoms in total. The number of ether oxygens (including phenoxy) is 1. The van der Waals surface area contributed by atoms with Gasteiger partial charge in [-0.05, 0) is 63.4 Å². The van der Waals surface area contributed by atoms with Crippen molar-refractivity contribution in [2.24, 2.45) is 0 Å². The number of benzene rings is 2. The number of nitrogens with one attached hydrogen (secondary N) is 2. The van der Waals surface area contributed by atoms with E-state index in [4.69, 9.17) is 16.3 Å². The molecule has 2 rings (SSSR count). The molecule has 0 spiro atoms. The Morgan fingerprint density at radius 1 is 1.00 bits per heavy atom. The molecule has 3 N–H and O–H groups in total. The van der Waals surface area contributed by atoms with Gasteiger partial charge < -0.3 is 25.4 Å². The molecule has 214 valence electrons. The van der Waals surface area contributed by atoms with Crippen molar-refractivity contribution in [2.45, 2.75) is 84.8 Å². The number of nitrogens with zero attached hydrogens (tertiary/aromatic N) is 1. The van der Waals surface area contributed by atoms with Crippen LogP contribution in [0.3, 0.4) is 0 Å². The van der Waals surface area contributed by atoms with Gasteiger partial charge in [0, 0.05) is 6.54 Å². The topological polar surface area (TPSA) is 108 Å². The molecule has 0 bridgehead atoms. The molecule has 0 fully saturated rings. The van der Waals surface area contributed by atoms with E-state index in [2.05, 4.69) is 17.6 Å². The van der Waals surface area contributed by atoms with Crippen molar-refractivity contribution in [1.82, 2.24) is 10.2 Å². The molecule has 0 aromatic heterocycles. The van der Waals surface area contributed by atoms with Crippen LogP contribution < -0.4 is 10.6 Å².